The van der Waals surface area contributed by atoms with Crippen molar-refractivity contribution in [1.29, 1.82) is 0 Å². The van der Waals surface area contributed by atoms with Gasteiger partial charge in [-0.2, -0.15) is 0 Å². The van der Waals surface area contributed by atoms with Crippen molar-refractivity contribution in [3.63, 3.8) is 0 Å². The molecular weight excluding hydrogens is 649 g/mol. The second-order valence-corrected chi connectivity index (χ2v) is 15.3. The van der Waals surface area contributed by atoms with Gasteiger partial charge in [0.05, 0.1) is 11.4 Å². The highest BCUT2D eigenvalue weighted by molar-refractivity contribution is 7.26. The largest absolute Gasteiger partial charge is 0.228 e. The van der Waals surface area contributed by atoms with Crippen molar-refractivity contribution in [3.05, 3.63) is 181 Å². The second kappa shape index (κ2) is 12.0. The first-order chi connectivity index (χ1) is 25.5. The smallest absolute Gasteiger partial charge is 0.160 e. The van der Waals surface area contributed by atoms with Gasteiger partial charge in [-0.1, -0.05) is 153 Å². The standard InChI is InChI=1S/C49H34N2S/c1-49(2)42-23-8-6-19-38(42)39-26-25-36(29-43(39)49)45-30-44(50-48(51-45)31-13-4-3-5-14-31)35-18-11-16-33(28-35)32-15-10-17-34(27-32)37-21-12-22-41-40-20-7-9-24-46(40)52-47(37)41/h3-30H,1-2H3. The Labute approximate surface area is 307 Å². The van der Waals surface area contributed by atoms with Gasteiger partial charge < -0.3 is 0 Å². The van der Waals surface area contributed by atoms with E-state index in [-0.39, 0.29) is 5.41 Å². The van der Waals surface area contributed by atoms with E-state index in [1.54, 1.807) is 0 Å². The molecule has 3 heteroatoms. The molecule has 0 spiro atoms. The van der Waals surface area contributed by atoms with Crippen LogP contribution in [0.25, 0.3) is 87.5 Å². The van der Waals surface area contributed by atoms with E-state index in [1.807, 2.05) is 29.5 Å². The Morgan fingerprint density at radius 3 is 1.81 bits per heavy atom. The molecule has 1 aliphatic carbocycles. The summed E-state index contributed by atoms with van der Waals surface area (Å²) in [7, 11) is 0. The van der Waals surface area contributed by atoms with Crippen molar-refractivity contribution in [1.82, 2.24) is 9.97 Å². The van der Waals surface area contributed by atoms with Gasteiger partial charge in [-0.15, -0.1) is 11.3 Å². The molecule has 9 aromatic rings. The van der Waals surface area contributed by atoms with E-state index in [9.17, 15) is 0 Å². The van der Waals surface area contributed by atoms with E-state index in [1.165, 1.54) is 59.1 Å². The van der Waals surface area contributed by atoms with Crippen molar-refractivity contribution >= 4 is 31.5 Å². The third kappa shape index (κ3) is 5.00. The fourth-order valence-corrected chi connectivity index (χ4v) is 9.26. The van der Waals surface area contributed by atoms with Crippen molar-refractivity contribution in [2.45, 2.75) is 19.3 Å². The number of benzene rings is 7. The molecule has 0 saturated heterocycles. The lowest BCUT2D eigenvalue weighted by Gasteiger charge is -2.22. The minimum atomic E-state index is -0.0918. The number of hydrogen-bond acceptors (Lipinski definition) is 3. The van der Waals surface area contributed by atoms with Gasteiger partial charge in [0.1, 0.15) is 0 Å². The average Bonchev–Trinajstić information content (AvgIpc) is 3.70. The van der Waals surface area contributed by atoms with Gasteiger partial charge in [-0.05, 0) is 74.8 Å². The van der Waals surface area contributed by atoms with Crippen LogP contribution in [-0.4, -0.2) is 9.97 Å². The minimum absolute atomic E-state index is 0.0918. The fraction of sp³-hybridized carbons (Fsp3) is 0.0612. The molecule has 52 heavy (non-hydrogen) atoms. The molecular formula is C49H34N2S. The Morgan fingerprint density at radius 2 is 0.981 bits per heavy atom. The molecule has 7 aromatic carbocycles. The monoisotopic (exact) mass is 682 g/mol. The van der Waals surface area contributed by atoms with Gasteiger partial charge in [0.25, 0.3) is 0 Å². The summed E-state index contributed by atoms with van der Waals surface area (Å²) >= 11 is 1.87. The van der Waals surface area contributed by atoms with Crippen LogP contribution in [0, 0.1) is 0 Å². The normalized spacial score (nSPS) is 13.0. The molecule has 0 aliphatic heterocycles. The van der Waals surface area contributed by atoms with Crippen LogP contribution in [-0.2, 0) is 5.41 Å². The lowest BCUT2D eigenvalue weighted by Crippen LogP contribution is -2.14. The van der Waals surface area contributed by atoms with Crippen molar-refractivity contribution in [3.8, 4) is 67.3 Å². The average molecular weight is 683 g/mol. The zero-order chi connectivity index (χ0) is 34.8. The fourth-order valence-electron chi connectivity index (χ4n) is 8.02. The summed E-state index contributed by atoms with van der Waals surface area (Å²) in [5.41, 5.74) is 15.0. The number of hydrogen-bond donors (Lipinski definition) is 0. The Hall–Kier alpha value is -6.16. The number of thiophene rings is 1. The molecule has 246 valence electrons. The molecule has 2 aromatic heterocycles. The van der Waals surface area contributed by atoms with Gasteiger partial charge >= 0.3 is 0 Å². The highest BCUT2D eigenvalue weighted by Crippen LogP contribution is 2.49. The number of nitrogens with zero attached hydrogens (tertiary/aromatic N) is 2. The first-order valence-electron chi connectivity index (χ1n) is 17.8. The number of fused-ring (bicyclic) bond motifs is 6. The van der Waals surface area contributed by atoms with Crippen LogP contribution in [0.3, 0.4) is 0 Å². The summed E-state index contributed by atoms with van der Waals surface area (Å²) in [6, 6.07) is 61.2. The van der Waals surface area contributed by atoms with E-state index < -0.39 is 0 Å². The van der Waals surface area contributed by atoms with Gasteiger partial charge in [0.2, 0.25) is 0 Å². The van der Waals surface area contributed by atoms with Crippen LogP contribution < -0.4 is 0 Å². The van der Waals surface area contributed by atoms with Gasteiger partial charge in [0, 0.05) is 42.3 Å². The molecule has 10 rings (SSSR count). The van der Waals surface area contributed by atoms with Crippen LogP contribution in [0.2, 0.25) is 0 Å². The topological polar surface area (TPSA) is 25.8 Å². The summed E-state index contributed by atoms with van der Waals surface area (Å²) in [6.07, 6.45) is 0. The van der Waals surface area contributed by atoms with E-state index >= 15 is 0 Å². The van der Waals surface area contributed by atoms with E-state index in [2.05, 4.69) is 166 Å². The predicted molar refractivity (Wildman–Crippen MR) is 220 cm³/mol. The molecule has 0 radical (unpaired) electrons. The first-order valence-corrected chi connectivity index (χ1v) is 18.6. The number of rotatable bonds is 5. The highest BCUT2D eigenvalue weighted by Gasteiger charge is 2.35. The van der Waals surface area contributed by atoms with Crippen molar-refractivity contribution < 1.29 is 0 Å². The molecule has 0 bridgehead atoms. The molecule has 0 N–H and O–H groups in total. The Morgan fingerprint density at radius 1 is 0.404 bits per heavy atom. The van der Waals surface area contributed by atoms with Crippen LogP contribution >= 0.6 is 11.3 Å². The summed E-state index contributed by atoms with van der Waals surface area (Å²) in [6.45, 7) is 4.65. The lowest BCUT2D eigenvalue weighted by molar-refractivity contribution is 0.660. The van der Waals surface area contributed by atoms with E-state index in [4.69, 9.17) is 9.97 Å². The Bertz CT molecular complexity index is 2830. The summed E-state index contributed by atoms with van der Waals surface area (Å²) in [5.74, 6) is 0.722. The molecule has 0 saturated carbocycles. The highest BCUT2D eigenvalue weighted by atomic mass is 32.1. The van der Waals surface area contributed by atoms with Crippen LogP contribution in [0.1, 0.15) is 25.0 Å². The minimum Gasteiger partial charge on any atom is -0.228 e. The summed E-state index contributed by atoms with van der Waals surface area (Å²) in [5, 5.41) is 2.64. The Kier molecular flexibility index (Phi) is 7.06. The molecule has 1 aliphatic rings. The third-order valence-electron chi connectivity index (χ3n) is 10.7. The maximum absolute atomic E-state index is 5.18. The van der Waals surface area contributed by atoms with Gasteiger partial charge in [-0.25, -0.2) is 9.97 Å². The van der Waals surface area contributed by atoms with E-state index in [0.717, 1.165) is 39.5 Å². The molecule has 0 fully saturated rings. The van der Waals surface area contributed by atoms with Crippen molar-refractivity contribution in [2.24, 2.45) is 0 Å². The molecule has 2 heterocycles. The Balaban J connectivity index is 1.07. The van der Waals surface area contributed by atoms with Crippen LogP contribution in [0.15, 0.2) is 170 Å². The summed E-state index contributed by atoms with van der Waals surface area (Å²) < 4.78 is 2.65. The SMILES string of the molecule is CC1(C)c2ccccc2-c2ccc(-c3cc(-c4cccc(-c5cccc(-c6cccc7c6sc6ccccc67)c5)c4)nc(-c4ccccc4)n3)cc21. The maximum Gasteiger partial charge on any atom is 0.160 e. The zero-order valence-electron chi connectivity index (χ0n) is 29.0. The lowest BCUT2D eigenvalue weighted by atomic mass is 9.82. The molecule has 2 nitrogen and oxygen atoms in total. The first kappa shape index (κ1) is 30.6. The molecule has 0 atom stereocenters. The van der Waals surface area contributed by atoms with E-state index in [0.29, 0.717) is 0 Å². The molecule has 0 unspecified atom stereocenters. The van der Waals surface area contributed by atoms with Crippen molar-refractivity contribution in [2.75, 3.05) is 0 Å². The molecule has 0 amide bonds. The quantitative estimate of drug-likeness (QED) is 0.181. The summed E-state index contributed by atoms with van der Waals surface area (Å²) in [4.78, 5) is 10.4. The maximum atomic E-state index is 5.18. The third-order valence-corrected chi connectivity index (χ3v) is 11.9. The predicted octanol–water partition coefficient (Wildman–Crippen LogP) is 13.5. The van der Waals surface area contributed by atoms with Crippen LogP contribution in [0.4, 0.5) is 0 Å². The second-order valence-electron chi connectivity index (χ2n) is 14.2. The zero-order valence-corrected chi connectivity index (χ0v) is 29.8. The van der Waals surface area contributed by atoms with Gasteiger partial charge in [0.15, 0.2) is 5.82 Å². The number of aromatic nitrogens is 2. The van der Waals surface area contributed by atoms with Crippen LogP contribution in [0.5, 0.6) is 0 Å². The van der Waals surface area contributed by atoms with Gasteiger partial charge in [-0.3, -0.25) is 0 Å².